The number of rotatable bonds is 3. The quantitative estimate of drug-likeness (QED) is 0.790. The average Bonchev–Trinajstić information content (AvgIpc) is 2.73. The van der Waals surface area contributed by atoms with Gasteiger partial charge in [-0.05, 0) is 58.9 Å². The molecule has 0 aromatic heterocycles. The first-order chi connectivity index (χ1) is 12.4. The van der Waals surface area contributed by atoms with Crippen LogP contribution in [0.3, 0.4) is 0 Å². The van der Waals surface area contributed by atoms with Gasteiger partial charge >= 0.3 is 6.09 Å². The van der Waals surface area contributed by atoms with E-state index in [9.17, 15) is 14.7 Å². The zero-order valence-electron chi connectivity index (χ0n) is 16.1. The van der Waals surface area contributed by atoms with Gasteiger partial charge in [-0.15, -0.1) is 0 Å². The van der Waals surface area contributed by atoms with E-state index in [1.54, 1.807) is 11.8 Å². The van der Waals surface area contributed by atoms with E-state index in [4.69, 9.17) is 4.74 Å². The van der Waals surface area contributed by atoms with Crippen molar-refractivity contribution in [2.24, 2.45) is 0 Å². The van der Waals surface area contributed by atoms with Crippen LogP contribution in [0.4, 0.5) is 4.79 Å². The molecule has 2 amide bonds. The second kappa shape index (κ2) is 7.72. The van der Waals surface area contributed by atoms with Gasteiger partial charge in [0.2, 0.25) is 5.91 Å². The van der Waals surface area contributed by atoms with Gasteiger partial charge in [0.05, 0.1) is 17.7 Å². The minimum absolute atomic E-state index is 0.151. The Morgan fingerprint density at radius 3 is 2.69 bits per heavy atom. The molecule has 2 atom stereocenters. The molecule has 7 nitrogen and oxygen atoms in total. The Kier molecular flexibility index (Phi) is 5.77. The monoisotopic (exact) mass is 367 g/mol. The third-order valence-electron chi connectivity index (χ3n) is 6.34. The fraction of sp³-hybridized carbons (Fsp3) is 0.895. The molecule has 3 rings (SSSR count). The van der Waals surface area contributed by atoms with Crippen LogP contribution >= 0.6 is 0 Å². The van der Waals surface area contributed by atoms with Crippen molar-refractivity contribution in [3.8, 4) is 0 Å². The van der Waals surface area contributed by atoms with Crippen molar-refractivity contribution in [3.05, 3.63) is 0 Å². The molecule has 7 heteroatoms. The molecule has 26 heavy (non-hydrogen) atoms. The summed E-state index contributed by atoms with van der Waals surface area (Å²) in [6, 6.07) is 0.273. The summed E-state index contributed by atoms with van der Waals surface area (Å²) in [5.74, 6) is 0.151. The maximum absolute atomic E-state index is 12.0. The Morgan fingerprint density at radius 1 is 1.27 bits per heavy atom. The lowest BCUT2D eigenvalue weighted by Gasteiger charge is -2.50. The number of amides is 2. The summed E-state index contributed by atoms with van der Waals surface area (Å²) in [6.07, 6.45) is 5.35. The first-order valence-corrected chi connectivity index (χ1v) is 10.0. The SMILES string of the molecule is CCOC(=O)N1CCC(O)(CN2CCC[C@]3(C)NC(=O)CCC[C@H]23)CC1. The molecule has 0 aromatic rings. The van der Waals surface area contributed by atoms with Gasteiger partial charge in [-0.2, -0.15) is 0 Å². The van der Waals surface area contributed by atoms with Crippen molar-refractivity contribution >= 4 is 12.0 Å². The molecule has 2 N–H and O–H groups in total. The summed E-state index contributed by atoms with van der Waals surface area (Å²) in [7, 11) is 0. The number of nitrogens with one attached hydrogen (secondary N) is 1. The fourth-order valence-electron chi connectivity index (χ4n) is 4.90. The molecule has 3 aliphatic rings. The number of hydrogen-bond donors (Lipinski definition) is 2. The van der Waals surface area contributed by atoms with E-state index in [1.165, 1.54) is 0 Å². The number of nitrogens with zero attached hydrogens (tertiary/aromatic N) is 2. The second-order valence-corrected chi connectivity index (χ2v) is 8.36. The van der Waals surface area contributed by atoms with Crippen molar-refractivity contribution in [3.63, 3.8) is 0 Å². The number of hydrogen-bond acceptors (Lipinski definition) is 5. The van der Waals surface area contributed by atoms with Crippen LogP contribution in [0.1, 0.15) is 58.8 Å². The maximum Gasteiger partial charge on any atom is 0.409 e. The van der Waals surface area contributed by atoms with Crippen LogP contribution in [-0.4, -0.2) is 76.9 Å². The molecule has 0 aliphatic carbocycles. The van der Waals surface area contributed by atoms with E-state index in [0.717, 1.165) is 32.2 Å². The number of aliphatic hydroxyl groups is 1. The molecule has 0 saturated carbocycles. The standard InChI is InChI=1S/C19H33N3O4/c1-3-26-17(24)21-12-9-19(25,10-13-21)14-22-11-5-8-18(2)15(22)6-4-7-16(23)20-18/h15,25H,3-14H2,1-2H3,(H,20,23)/t15-,18-/m0/s1. The van der Waals surface area contributed by atoms with E-state index in [-0.39, 0.29) is 23.6 Å². The summed E-state index contributed by atoms with van der Waals surface area (Å²) in [4.78, 5) is 28.0. The number of ether oxygens (including phenoxy) is 1. The second-order valence-electron chi connectivity index (χ2n) is 8.36. The fourth-order valence-corrected chi connectivity index (χ4v) is 4.90. The Bertz CT molecular complexity index is 533. The van der Waals surface area contributed by atoms with Crippen LogP contribution in [0.25, 0.3) is 0 Å². The minimum Gasteiger partial charge on any atom is -0.450 e. The summed E-state index contributed by atoms with van der Waals surface area (Å²) in [6.45, 7) is 6.96. The Hall–Kier alpha value is -1.34. The number of piperidine rings is 2. The molecule has 0 radical (unpaired) electrons. The summed E-state index contributed by atoms with van der Waals surface area (Å²) in [5.41, 5.74) is -0.981. The molecule has 0 aromatic carbocycles. The van der Waals surface area contributed by atoms with E-state index in [1.807, 2.05) is 0 Å². The smallest absolute Gasteiger partial charge is 0.409 e. The summed E-state index contributed by atoms with van der Waals surface area (Å²) in [5, 5.41) is 14.4. The number of carbonyl (C=O) groups excluding carboxylic acids is 2. The van der Waals surface area contributed by atoms with Crippen LogP contribution < -0.4 is 5.32 Å². The predicted octanol–water partition coefficient (Wildman–Crippen LogP) is 1.49. The largest absolute Gasteiger partial charge is 0.450 e. The molecule has 0 bridgehead atoms. The van der Waals surface area contributed by atoms with Crippen LogP contribution in [0.5, 0.6) is 0 Å². The zero-order chi connectivity index (χ0) is 18.8. The average molecular weight is 367 g/mol. The van der Waals surface area contributed by atoms with Crippen LogP contribution in [-0.2, 0) is 9.53 Å². The highest BCUT2D eigenvalue weighted by Crippen LogP contribution is 2.35. The van der Waals surface area contributed by atoms with Crippen molar-refractivity contribution in [1.29, 1.82) is 0 Å². The Morgan fingerprint density at radius 2 is 2.00 bits per heavy atom. The first kappa shape index (κ1) is 19.4. The highest BCUT2D eigenvalue weighted by atomic mass is 16.6. The number of likely N-dealkylation sites (tertiary alicyclic amines) is 2. The Labute approximate surface area is 156 Å². The molecule has 148 valence electrons. The molecule has 0 spiro atoms. The van der Waals surface area contributed by atoms with Gasteiger partial charge < -0.3 is 20.1 Å². The van der Waals surface area contributed by atoms with E-state index < -0.39 is 5.60 Å². The molecule has 3 fully saturated rings. The molecular formula is C19H33N3O4. The molecule has 3 aliphatic heterocycles. The maximum atomic E-state index is 12.0. The highest BCUT2D eigenvalue weighted by molar-refractivity contribution is 5.77. The summed E-state index contributed by atoms with van der Waals surface area (Å²) >= 11 is 0. The van der Waals surface area contributed by atoms with Crippen molar-refractivity contribution in [2.45, 2.75) is 76.0 Å². The lowest BCUT2D eigenvalue weighted by atomic mass is 9.79. The number of fused-ring (bicyclic) bond motifs is 1. The van der Waals surface area contributed by atoms with E-state index >= 15 is 0 Å². The first-order valence-electron chi connectivity index (χ1n) is 10.0. The minimum atomic E-state index is -0.780. The molecular weight excluding hydrogens is 334 g/mol. The topological polar surface area (TPSA) is 82.1 Å². The van der Waals surface area contributed by atoms with Gasteiger partial charge in [0.25, 0.3) is 0 Å². The van der Waals surface area contributed by atoms with E-state index in [2.05, 4.69) is 17.1 Å². The van der Waals surface area contributed by atoms with Gasteiger partial charge in [0, 0.05) is 32.1 Å². The van der Waals surface area contributed by atoms with Gasteiger partial charge in [-0.1, -0.05) is 0 Å². The predicted molar refractivity (Wildman–Crippen MR) is 97.8 cm³/mol. The van der Waals surface area contributed by atoms with Gasteiger partial charge in [0.15, 0.2) is 0 Å². The van der Waals surface area contributed by atoms with E-state index in [0.29, 0.717) is 45.5 Å². The lowest BCUT2D eigenvalue weighted by Crippen LogP contribution is -2.65. The van der Waals surface area contributed by atoms with Crippen LogP contribution in [0.2, 0.25) is 0 Å². The van der Waals surface area contributed by atoms with Gasteiger partial charge in [-0.25, -0.2) is 4.79 Å². The third kappa shape index (κ3) is 4.14. The summed E-state index contributed by atoms with van der Waals surface area (Å²) < 4.78 is 5.06. The van der Waals surface area contributed by atoms with Gasteiger partial charge in [0.1, 0.15) is 0 Å². The van der Waals surface area contributed by atoms with Crippen molar-refractivity contribution < 1.29 is 19.4 Å². The highest BCUT2D eigenvalue weighted by Gasteiger charge is 2.46. The zero-order valence-corrected chi connectivity index (χ0v) is 16.1. The lowest BCUT2D eigenvalue weighted by molar-refractivity contribution is -0.123. The Balaban J connectivity index is 1.62. The van der Waals surface area contributed by atoms with Gasteiger partial charge in [-0.3, -0.25) is 9.69 Å². The molecule has 0 unspecified atom stereocenters. The van der Waals surface area contributed by atoms with Crippen LogP contribution in [0.15, 0.2) is 0 Å². The van der Waals surface area contributed by atoms with Crippen molar-refractivity contribution in [2.75, 3.05) is 32.8 Å². The molecule has 3 heterocycles. The number of carbonyl (C=O) groups is 2. The third-order valence-corrected chi connectivity index (χ3v) is 6.34. The number of β-amino-alcohol motifs (C(OH)–C–C–N with tert-alkyl or cyclic N) is 1. The normalized spacial score (nSPS) is 32.3. The van der Waals surface area contributed by atoms with Crippen LogP contribution in [0, 0.1) is 0 Å². The van der Waals surface area contributed by atoms with Crippen molar-refractivity contribution in [1.82, 2.24) is 15.1 Å². The molecule has 3 saturated heterocycles.